The number of anilines is 1. The number of fused-ring (bicyclic) bond motifs is 1. The summed E-state index contributed by atoms with van der Waals surface area (Å²) in [5, 5.41) is 3.41. The van der Waals surface area contributed by atoms with Crippen molar-refractivity contribution in [3.63, 3.8) is 0 Å². The Morgan fingerprint density at radius 3 is 2.59 bits per heavy atom. The maximum absolute atomic E-state index is 13.1. The van der Waals surface area contributed by atoms with E-state index in [0.717, 1.165) is 0 Å². The average molecular weight is 484 g/mol. The summed E-state index contributed by atoms with van der Waals surface area (Å²) in [4.78, 5) is 29.8. The zero-order valence-electron chi connectivity index (χ0n) is 18.9. The monoisotopic (exact) mass is 483 g/mol. The van der Waals surface area contributed by atoms with E-state index in [1.807, 2.05) is 0 Å². The van der Waals surface area contributed by atoms with Gasteiger partial charge in [0.2, 0.25) is 10.0 Å². The Bertz CT molecular complexity index is 1350. The first-order valence-electron chi connectivity index (χ1n) is 10.9. The number of hydrogen-bond donors (Lipinski definition) is 1. The van der Waals surface area contributed by atoms with Gasteiger partial charge in [-0.2, -0.15) is 4.31 Å². The molecule has 0 aliphatic carbocycles. The number of aromatic nitrogens is 1. The van der Waals surface area contributed by atoms with Gasteiger partial charge in [-0.3, -0.25) is 9.78 Å². The van der Waals surface area contributed by atoms with Crippen LogP contribution in [0.5, 0.6) is 0 Å². The van der Waals surface area contributed by atoms with Gasteiger partial charge in [0.25, 0.3) is 5.91 Å². The van der Waals surface area contributed by atoms with Crippen LogP contribution in [0.25, 0.3) is 10.9 Å². The lowest BCUT2D eigenvalue weighted by molar-refractivity contribution is 0.0526. The van der Waals surface area contributed by atoms with Crippen molar-refractivity contribution in [1.29, 1.82) is 0 Å². The van der Waals surface area contributed by atoms with E-state index >= 15 is 0 Å². The predicted molar refractivity (Wildman–Crippen MR) is 126 cm³/mol. The molecule has 1 aliphatic heterocycles. The van der Waals surface area contributed by atoms with Gasteiger partial charge in [0.15, 0.2) is 0 Å². The van der Waals surface area contributed by atoms with Gasteiger partial charge in [-0.25, -0.2) is 13.2 Å². The minimum absolute atomic E-state index is 0.0439. The highest BCUT2D eigenvalue weighted by Gasteiger charge is 2.27. The predicted octanol–water partition coefficient (Wildman–Crippen LogP) is 2.99. The van der Waals surface area contributed by atoms with E-state index in [0.29, 0.717) is 41.1 Å². The van der Waals surface area contributed by atoms with Gasteiger partial charge in [-0.15, -0.1) is 0 Å². The molecule has 0 bridgehead atoms. The van der Waals surface area contributed by atoms with Gasteiger partial charge in [0.1, 0.15) is 0 Å². The molecule has 10 heteroatoms. The molecule has 2 heterocycles. The van der Waals surface area contributed by atoms with E-state index < -0.39 is 21.9 Å². The van der Waals surface area contributed by atoms with E-state index in [-0.39, 0.29) is 30.2 Å². The highest BCUT2D eigenvalue weighted by molar-refractivity contribution is 7.89. The number of esters is 1. The fourth-order valence-electron chi connectivity index (χ4n) is 3.73. The molecule has 178 valence electrons. The SMILES string of the molecule is CCOC(=O)c1ccc2nc(C)cc(NC(=O)c3cccc(S(=O)(=O)N4CCOCC4)c3)c2c1. The highest BCUT2D eigenvalue weighted by atomic mass is 32.2. The summed E-state index contributed by atoms with van der Waals surface area (Å²) in [6.45, 7) is 4.97. The van der Waals surface area contributed by atoms with Crippen LogP contribution in [0.4, 0.5) is 5.69 Å². The summed E-state index contributed by atoms with van der Waals surface area (Å²) in [7, 11) is -3.74. The number of morpholine rings is 1. The Morgan fingerprint density at radius 2 is 1.85 bits per heavy atom. The number of nitrogens with zero attached hydrogens (tertiary/aromatic N) is 2. The summed E-state index contributed by atoms with van der Waals surface area (Å²) in [5.41, 5.74) is 2.27. The average Bonchev–Trinajstić information content (AvgIpc) is 2.84. The van der Waals surface area contributed by atoms with Crippen LogP contribution in [-0.2, 0) is 19.5 Å². The maximum Gasteiger partial charge on any atom is 0.338 e. The minimum atomic E-state index is -3.74. The molecule has 0 saturated carbocycles. The molecular formula is C24H25N3O6S. The van der Waals surface area contributed by atoms with Crippen molar-refractivity contribution in [3.05, 3.63) is 65.4 Å². The Hall–Kier alpha value is -3.34. The Kier molecular flexibility index (Phi) is 6.92. The van der Waals surface area contributed by atoms with Gasteiger partial charge >= 0.3 is 5.97 Å². The Morgan fingerprint density at radius 1 is 1.09 bits per heavy atom. The van der Waals surface area contributed by atoms with Gasteiger partial charge in [0, 0.05) is 29.7 Å². The Labute approximate surface area is 197 Å². The van der Waals surface area contributed by atoms with Crippen LogP contribution in [0.3, 0.4) is 0 Å². The van der Waals surface area contributed by atoms with Gasteiger partial charge < -0.3 is 14.8 Å². The molecule has 0 atom stereocenters. The van der Waals surface area contributed by atoms with E-state index in [9.17, 15) is 18.0 Å². The first-order chi connectivity index (χ1) is 16.3. The molecule has 0 unspecified atom stereocenters. The van der Waals surface area contributed by atoms with Crippen molar-refractivity contribution < 1.29 is 27.5 Å². The van der Waals surface area contributed by atoms with Crippen molar-refractivity contribution in [3.8, 4) is 0 Å². The molecule has 3 aromatic rings. The number of carbonyl (C=O) groups excluding carboxylic acids is 2. The van der Waals surface area contributed by atoms with E-state index in [1.54, 1.807) is 44.2 Å². The molecule has 34 heavy (non-hydrogen) atoms. The molecule has 9 nitrogen and oxygen atoms in total. The topological polar surface area (TPSA) is 115 Å². The van der Waals surface area contributed by atoms with Crippen LogP contribution in [0.15, 0.2) is 53.4 Å². The lowest BCUT2D eigenvalue weighted by Crippen LogP contribution is -2.40. The molecule has 1 saturated heterocycles. The number of carbonyl (C=O) groups is 2. The summed E-state index contributed by atoms with van der Waals surface area (Å²) >= 11 is 0. The number of pyridine rings is 1. The van der Waals surface area contributed by atoms with Crippen LogP contribution >= 0.6 is 0 Å². The molecule has 1 aliphatic rings. The third-order valence-electron chi connectivity index (χ3n) is 5.40. The molecule has 2 aromatic carbocycles. The lowest BCUT2D eigenvalue weighted by Gasteiger charge is -2.26. The van der Waals surface area contributed by atoms with Crippen LogP contribution in [0.1, 0.15) is 33.3 Å². The Balaban J connectivity index is 1.65. The number of nitrogens with one attached hydrogen (secondary N) is 1. The normalized spacial score (nSPS) is 14.6. The quantitative estimate of drug-likeness (QED) is 0.536. The fourth-order valence-corrected chi connectivity index (χ4v) is 5.19. The molecule has 0 radical (unpaired) electrons. The van der Waals surface area contributed by atoms with Crippen molar-refractivity contribution in [2.75, 3.05) is 38.2 Å². The van der Waals surface area contributed by atoms with Crippen LogP contribution in [0, 0.1) is 6.92 Å². The standard InChI is InChI=1S/C24H25N3O6S/c1-3-33-24(29)18-7-8-21-20(15-18)22(13-16(2)25-21)26-23(28)17-5-4-6-19(14-17)34(30,31)27-9-11-32-12-10-27/h4-8,13-15H,3,9-12H2,1-2H3,(H,25,26,28). The van der Waals surface area contributed by atoms with E-state index in [4.69, 9.17) is 9.47 Å². The molecule has 1 N–H and O–H groups in total. The third kappa shape index (κ3) is 4.93. The zero-order valence-corrected chi connectivity index (χ0v) is 19.7. The minimum Gasteiger partial charge on any atom is -0.462 e. The van der Waals surface area contributed by atoms with Crippen molar-refractivity contribution in [2.45, 2.75) is 18.7 Å². The summed E-state index contributed by atoms with van der Waals surface area (Å²) in [6, 6.07) is 12.6. The molecule has 4 rings (SSSR count). The maximum atomic E-state index is 13.1. The van der Waals surface area contributed by atoms with Crippen LogP contribution in [-0.4, -0.2) is 62.5 Å². The molecule has 1 aromatic heterocycles. The summed E-state index contributed by atoms with van der Waals surface area (Å²) in [6.07, 6.45) is 0. The zero-order chi connectivity index (χ0) is 24.3. The molecular weight excluding hydrogens is 458 g/mol. The number of ether oxygens (including phenoxy) is 2. The van der Waals surface area contributed by atoms with Gasteiger partial charge in [0.05, 0.1) is 41.5 Å². The highest BCUT2D eigenvalue weighted by Crippen LogP contribution is 2.26. The van der Waals surface area contributed by atoms with E-state index in [2.05, 4.69) is 10.3 Å². The van der Waals surface area contributed by atoms with Gasteiger partial charge in [-0.05, 0) is 56.3 Å². The molecule has 1 fully saturated rings. The summed E-state index contributed by atoms with van der Waals surface area (Å²) < 4.78 is 37.6. The second-order valence-electron chi connectivity index (χ2n) is 7.76. The van der Waals surface area contributed by atoms with Gasteiger partial charge in [-0.1, -0.05) is 6.07 Å². The number of rotatable bonds is 6. The van der Waals surface area contributed by atoms with E-state index in [1.165, 1.54) is 22.5 Å². The molecule has 1 amide bonds. The number of amides is 1. The second-order valence-corrected chi connectivity index (χ2v) is 9.70. The first-order valence-corrected chi connectivity index (χ1v) is 12.3. The first kappa shape index (κ1) is 23.8. The fraction of sp³-hybridized carbons (Fsp3) is 0.292. The third-order valence-corrected chi connectivity index (χ3v) is 7.29. The number of aryl methyl sites for hydroxylation is 1. The van der Waals surface area contributed by atoms with Crippen molar-refractivity contribution >= 4 is 38.5 Å². The van der Waals surface area contributed by atoms with Crippen molar-refractivity contribution in [1.82, 2.24) is 9.29 Å². The van der Waals surface area contributed by atoms with Crippen LogP contribution in [0.2, 0.25) is 0 Å². The largest absolute Gasteiger partial charge is 0.462 e. The van der Waals surface area contributed by atoms with Crippen molar-refractivity contribution in [2.24, 2.45) is 0 Å². The smallest absolute Gasteiger partial charge is 0.338 e. The molecule has 0 spiro atoms. The second kappa shape index (κ2) is 9.88. The number of hydrogen-bond acceptors (Lipinski definition) is 7. The number of sulfonamides is 1. The lowest BCUT2D eigenvalue weighted by atomic mass is 10.1. The van der Waals surface area contributed by atoms with Crippen LogP contribution < -0.4 is 5.32 Å². The summed E-state index contributed by atoms with van der Waals surface area (Å²) in [5.74, 6) is -0.948. The number of benzene rings is 2.